The molecule has 2 aromatic carbocycles. The first-order valence-corrected chi connectivity index (χ1v) is 6.73. The van der Waals surface area contributed by atoms with Crippen LogP contribution in [0, 0.1) is 12.7 Å². The molecule has 0 saturated carbocycles. The van der Waals surface area contributed by atoms with Gasteiger partial charge in [-0.05, 0) is 48.2 Å². The second-order valence-corrected chi connectivity index (χ2v) is 5.20. The molecule has 1 unspecified atom stereocenters. The van der Waals surface area contributed by atoms with E-state index in [9.17, 15) is 4.39 Å². The number of aryl methyl sites for hydroxylation is 1. The quantitative estimate of drug-likeness (QED) is 0.923. The van der Waals surface area contributed by atoms with Gasteiger partial charge in [0.05, 0.1) is 12.1 Å². The van der Waals surface area contributed by atoms with E-state index in [4.69, 9.17) is 22.1 Å². The Morgan fingerprint density at radius 2 is 2.00 bits per heavy atom. The predicted octanol–water partition coefficient (Wildman–Crippen LogP) is 4.04. The van der Waals surface area contributed by atoms with Gasteiger partial charge >= 0.3 is 0 Å². The fourth-order valence-electron chi connectivity index (χ4n) is 2.11. The zero-order valence-electron chi connectivity index (χ0n) is 11.5. The summed E-state index contributed by atoms with van der Waals surface area (Å²) in [6.45, 7) is 1.97. The van der Waals surface area contributed by atoms with Gasteiger partial charge in [-0.3, -0.25) is 0 Å². The van der Waals surface area contributed by atoms with E-state index in [1.54, 1.807) is 19.2 Å². The Kier molecular flexibility index (Phi) is 4.63. The van der Waals surface area contributed by atoms with E-state index in [-0.39, 0.29) is 11.1 Å². The molecule has 1 atom stereocenters. The number of hydrogen-bond acceptors (Lipinski definition) is 2. The normalized spacial score (nSPS) is 12.2. The summed E-state index contributed by atoms with van der Waals surface area (Å²) < 4.78 is 18.7. The zero-order chi connectivity index (χ0) is 14.7. The van der Waals surface area contributed by atoms with Gasteiger partial charge in [0.2, 0.25) is 0 Å². The van der Waals surface area contributed by atoms with Gasteiger partial charge in [-0.2, -0.15) is 0 Å². The van der Waals surface area contributed by atoms with Crippen molar-refractivity contribution in [1.82, 2.24) is 0 Å². The molecule has 0 fully saturated rings. The first-order chi connectivity index (χ1) is 9.51. The first-order valence-electron chi connectivity index (χ1n) is 6.35. The van der Waals surface area contributed by atoms with Crippen molar-refractivity contribution in [2.24, 2.45) is 5.73 Å². The average Bonchev–Trinajstić information content (AvgIpc) is 2.43. The molecule has 0 aliphatic rings. The smallest absolute Gasteiger partial charge is 0.142 e. The summed E-state index contributed by atoms with van der Waals surface area (Å²) in [7, 11) is 1.63. The van der Waals surface area contributed by atoms with E-state index in [2.05, 4.69) is 0 Å². The first kappa shape index (κ1) is 14.8. The van der Waals surface area contributed by atoms with Gasteiger partial charge in [-0.1, -0.05) is 29.8 Å². The molecule has 0 saturated heterocycles. The van der Waals surface area contributed by atoms with Crippen molar-refractivity contribution in [3.8, 4) is 5.75 Å². The van der Waals surface area contributed by atoms with Crippen molar-refractivity contribution in [3.05, 3.63) is 63.9 Å². The Labute approximate surface area is 123 Å². The molecule has 2 rings (SSSR count). The molecule has 0 radical (unpaired) electrons. The summed E-state index contributed by atoms with van der Waals surface area (Å²) in [5, 5.41) is 0.124. The Morgan fingerprint density at radius 1 is 1.25 bits per heavy atom. The molecule has 0 heterocycles. The molecule has 2 N–H and O–H groups in total. The van der Waals surface area contributed by atoms with Crippen molar-refractivity contribution >= 4 is 11.6 Å². The fraction of sp³-hybridized carbons (Fsp3) is 0.250. The largest absolute Gasteiger partial charge is 0.496 e. The maximum absolute atomic E-state index is 13.4. The van der Waals surface area contributed by atoms with Crippen molar-refractivity contribution < 1.29 is 9.13 Å². The number of methoxy groups -OCH3 is 1. The standard InChI is InChI=1S/C16H17ClFNO/c1-10-3-5-12(9-16(10)20-2)15(19)8-11-4-6-13(17)14(18)7-11/h3-7,9,15H,8,19H2,1-2H3. The topological polar surface area (TPSA) is 35.2 Å². The molecule has 0 bridgehead atoms. The SMILES string of the molecule is COc1cc(C(N)Cc2ccc(Cl)c(F)c2)ccc1C. The van der Waals surface area contributed by atoms with Crippen molar-refractivity contribution in [1.29, 1.82) is 0 Å². The number of nitrogens with two attached hydrogens (primary N) is 1. The summed E-state index contributed by atoms with van der Waals surface area (Å²) in [5.41, 5.74) is 9.01. The highest BCUT2D eigenvalue weighted by Gasteiger charge is 2.11. The second-order valence-electron chi connectivity index (χ2n) is 4.79. The molecule has 20 heavy (non-hydrogen) atoms. The lowest BCUT2D eigenvalue weighted by Gasteiger charge is -2.14. The number of rotatable bonds is 4. The summed E-state index contributed by atoms with van der Waals surface area (Å²) >= 11 is 5.67. The molecule has 0 aliphatic heterocycles. The molecule has 2 aromatic rings. The van der Waals surface area contributed by atoms with Crippen LogP contribution < -0.4 is 10.5 Å². The van der Waals surface area contributed by atoms with Gasteiger partial charge in [-0.25, -0.2) is 4.39 Å². The summed E-state index contributed by atoms with van der Waals surface area (Å²) in [5.74, 6) is 0.387. The number of ether oxygens (including phenoxy) is 1. The van der Waals surface area contributed by atoms with E-state index in [1.165, 1.54) is 6.07 Å². The fourth-order valence-corrected chi connectivity index (χ4v) is 2.22. The third-order valence-corrected chi connectivity index (χ3v) is 3.61. The summed E-state index contributed by atoms with van der Waals surface area (Å²) in [6.07, 6.45) is 0.542. The molecule has 0 aromatic heterocycles. The van der Waals surface area contributed by atoms with E-state index in [0.717, 1.165) is 22.4 Å². The molecular weight excluding hydrogens is 277 g/mol. The van der Waals surface area contributed by atoms with Gasteiger partial charge in [0.25, 0.3) is 0 Å². The van der Waals surface area contributed by atoms with Crippen LogP contribution in [0.3, 0.4) is 0 Å². The van der Waals surface area contributed by atoms with Crippen LogP contribution in [0.2, 0.25) is 5.02 Å². The maximum atomic E-state index is 13.4. The molecule has 4 heteroatoms. The predicted molar refractivity (Wildman–Crippen MR) is 79.8 cm³/mol. The molecule has 0 spiro atoms. The van der Waals surface area contributed by atoms with Crippen LogP contribution in [-0.2, 0) is 6.42 Å². The Bertz CT molecular complexity index is 615. The number of halogens is 2. The molecular formula is C16H17ClFNO. The minimum absolute atomic E-state index is 0.124. The monoisotopic (exact) mass is 293 g/mol. The van der Waals surface area contributed by atoms with Gasteiger partial charge in [-0.15, -0.1) is 0 Å². The molecule has 0 aliphatic carbocycles. The second kappa shape index (κ2) is 6.25. The molecule has 106 valence electrons. The number of hydrogen-bond donors (Lipinski definition) is 1. The van der Waals surface area contributed by atoms with E-state index in [0.29, 0.717) is 6.42 Å². The van der Waals surface area contributed by atoms with Gasteiger partial charge < -0.3 is 10.5 Å². The average molecular weight is 294 g/mol. The van der Waals surface area contributed by atoms with Gasteiger partial charge in [0, 0.05) is 6.04 Å². The van der Waals surface area contributed by atoms with Crippen LogP contribution in [0.1, 0.15) is 22.7 Å². The van der Waals surface area contributed by atoms with E-state index < -0.39 is 5.82 Å². The van der Waals surface area contributed by atoms with Crippen LogP contribution in [0.4, 0.5) is 4.39 Å². The minimum Gasteiger partial charge on any atom is -0.496 e. The summed E-state index contributed by atoms with van der Waals surface area (Å²) in [4.78, 5) is 0. The summed E-state index contributed by atoms with van der Waals surface area (Å²) in [6, 6.07) is 10.4. The van der Waals surface area contributed by atoms with Crippen molar-refractivity contribution in [2.45, 2.75) is 19.4 Å². The lowest BCUT2D eigenvalue weighted by Crippen LogP contribution is -2.13. The third-order valence-electron chi connectivity index (χ3n) is 3.30. The Hall–Kier alpha value is -1.58. The van der Waals surface area contributed by atoms with Crippen LogP contribution >= 0.6 is 11.6 Å². The van der Waals surface area contributed by atoms with Gasteiger partial charge in [0.1, 0.15) is 11.6 Å². The highest BCUT2D eigenvalue weighted by molar-refractivity contribution is 6.30. The van der Waals surface area contributed by atoms with Gasteiger partial charge in [0.15, 0.2) is 0 Å². The maximum Gasteiger partial charge on any atom is 0.142 e. The third kappa shape index (κ3) is 3.30. The van der Waals surface area contributed by atoms with Crippen LogP contribution in [0.5, 0.6) is 5.75 Å². The Balaban J connectivity index is 2.19. The molecule has 0 amide bonds. The van der Waals surface area contributed by atoms with Crippen LogP contribution in [0.25, 0.3) is 0 Å². The van der Waals surface area contributed by atoms with Crippen LogP contribution in [-0.4, -0.2) is 7.11 Å². The Morgan fingerprint density at radius 3 is 2.65 bits per heavy atom. The van der Waals surface area contributed by atoms with E-state index >= 15 is 0 Å². The lowest BCUT2D eigenvalue weighted by molar-refractivity contribution is 0.410. The molecule has 2 nitrogen and oxygen atoms in total. The van der Waals surface area contributed by atoms with Crippen LogP contribution in [0.15, 0.2) is 36.4 Å². The highest BCUT2D eigenvalue weighted by atomic mass is 35.5. The lowest BCUT2D eigenvalue weighted by atomic mass is 9.98. The highest BCUT2D eigenvalue weighted by Crippen LogP contribution is 2.25. The van der Waals surface area contributed by atoms with Crippen molar-refractivity contribution in [2.75, 3.05) is 7.11 Å². The zero-order valence-corrected chi connectivity index (χ0v) is 12.2. The van der Waals surface area contributed by atoms with Crippen molar-refractivity contribution in [3.63, 3.8) is 0 Å². The number of benzene rings is 2. The minimum atomic E-state index is -0.419. The van der Waals surface area contributed by atoms with E-state index in [1.807, 2.05) is 25.1 Å².